The lowest BCUT2D eigenvalue weighted by molar-refractivity contribution is -0.125. The summed E-state index contributed by atoms with van der Waals surface area (Å²) in [6, 6.07) is 26.0. The fraction of sp³-hybridized carbons (Fsp3) is 0.400. The topological polar surface area (TPSA) is 176 Å². The zero-order valence-electron chi connectivity index (χ0n) is 43.1. The van der Waals surface area contributed by atoms with Crippen LogP contribution in [0.2, 0.25) is 51.4 Å². The molecule has 4 amide bonds. The van der Waals surface area contributed by atoms with Crippen LogP contribution in [-0.2, 0) is 58.2 Å². The molecule has 5 aromatic rings. The Kier molecular flexibility index (Phi) is 14.7. The number of methoxy groups -OCH3 is 2. The second-order valence-corrected chi connectivity index (χ2v) is 32.8. The van der Waals surface area contributed by atoms with Crippen LogP contribution >= 0.6 is 0 Å². The van der Waals surface area contributed by atoms with Gasteiger partial charge in [-0.25, -0.2) is 0 Å². The third-order valence-electron chi connectivity index (χ3n) is 13.9. The molecular weight excluding hydrogens is 961 g/mol. The summed E-state index contributed by atoms with van der Waals surface area (Å²) >= 11 is 0. The molecule has 4 aliphatic rings. The van der Waals surface area contributed by atoms with E-state index in [0.717, 1.165) is 34.3 Å². The van der Waals surface area contributed by atoms with Crippen LogP contribution in [0.25, 0.3) is 0 Å². The molecule has 2 atom stereocenters. The first-order valence-electron chi connectivity index (χ1n) is 24.9. The van der Waals surface area contributed by atoms with E-state index in [1.807, 2.05) is 60.7 Å². The van der Waals surface area contributed by atoms with E-state index < -0.39 is 28.2 Å². The number of hydrogen-bond acceptors (Lipinski definition) is 12. The SMILES string of the molecule is COc1cc2c(cc1OCc1cccc(COc3cc4c(cc3OC)C(=O)N3Cc5cc(N)ccc5C[C@H]3C(=O)N4COCC[Si](C)(C)C)n1)N(COCC[Si](C)(C)C)C(=O)[C@@H]1Cc3ccccc3CN1C2=O. The lowest BCUT2D eigenvalue weighted by Gasteiger charge is -2.35. The largest absolute Gasteiger partial charge is 0.493 e. The fourth-order valence-corrected chi connectivity index (χ4v) is 11.2. The molecule has 384 valence electrons. The Bertz CT molecular complexity index is 2940. The van der Waals surface area contributed by atoms with E-state index in [1.165, 1.54) is 14.2 Å². The van der Waals surface area contributed by atoms with Gasteiger partial charge in [-0.15, -0.1) is 0 Å². The van der Waals surface area contributed by atoms with Gasteiger partial charge in [-0.1, -0.05) is 75.7 Å². The predicted molar refractivity (Wildman–Crippen MR) is 284 cm³/mol. The number of carbonyl (C=O) groups is 4. The van der Waals surface area contributed by atoms with Crippen LogP contribution in [0.1, 0.15) is 54.4 Å². The van der Waals surface area contributed by atoms with Crippen LogP contribution in [0.3, 0.4) is 0 Å². The summed E-state index contributed by atoms with van der Waals surface area (Å²) in [5.74, 6) is 0.189. The zero-order valence-corrected chi connectivity index (χ0v) is 45.1. The molecule has 1 aromatic heterocycles. The first kappa shape index (κ1) is 51.2. The number of nitrogens with zero attached hydrogens (tertiary/aromatic N) is 5. The zero-order chi connectivity index (χ0) is 51.8. The van der Waals surface area contributed by atoms with Crippen molar-refractivity contribution in [2.24, 2.45) is 0 Å². The van der Waals surface area contributed by atoms with Gasteiger partial charge in [-0.2, -0.15) is 0 Å². The Morgan fingerprint density at radius 1 is 0.562 bits per heavy atom. The standard InChI is InChI=1S/C55H66N6O10Si2/c1-66-48-25-42-44(60(33-68-18-20-72(3,4)5)54(64)46-23-35-12-9-10-13-37(35)29-58(46)52(42)62)27-50(48)70-31-40-14-11-15-41(57-40)32-71-51-28-45-43(26-49(51)67-2)53(63)59-30-38-22-39(56)17-16-36(38)24-47(59)55(65)61(45)34-69-19-21-73(6,7)8/h9-17,22,25-28,46-47H,18-21,23-24,29-34,56H2,1-8H3/t46-,47-/m0/s1. The second kappa shape index (κ2) is 21.0. The van der Waals surface area contributed by atoms with Gasteiger partial charge in [0, 0.05) is 73.1 Å². The number of ether oxygens (including phenoxy) is 6. The third kappa shape index (κ3) is 11.1. The molecule has 0 aliphatic carbocycles. The van der Waals surface area contributed by atoms with Gasteiger partial charge in [-0.05, 0) is 70.7 Å². The molecule has 0 spiro atoms. The summed E-state index contributed by atoms with van der Waals surface area (Å²) in [7, 11) is 0.136. The molecular formula is C55H66N6O10Si2. The van der Waals surface area contributed by atoms with Crippen molar-refractivity contribution in [1.29, 1.82) is 0 Å². The van der Waals surface area contributed by atoms with Crippen LogP contribution < -0.4 is 34.5 Å². The number of fused-ring (bicyclic) bond motifs is 6. The van der Waals surface area contributed by atoms with Gasteiger partial charge >= 0.3 is 0 Å². The number of hydrogen-bond donors (Lipinski definition) is 1. The van der Waals surface area contributed by atoms with Crippen molar-refractivity contribution in [3.8, 4) is 23.0 Å². The summed E-state index contributed by atoms with van der Waals surface area (Å²) in [6.07, 6.45) is 0.730. The van der Waals surface area contributed by atoms with Crippen molar-refractivity contribution in [1.82, 2.24) is 14.8 Å². The number of benzene rings is 4. The molecule has 2 N–H and O–H groups in total. The van der Waals surface area contributed by atoms with Gasteiger partial charge in [0.1, 0.15) is 38.8 Å². The molecule has 18 heteroatoms. The van der Waals surface area contributed by atoms with Crippen LogP contribution in [0.4, 0.5) is 17.1 Å². The van der Waals surface area contributed by atoms with Crippen molar-refractivity contribution >= 4 is 56.8 Å². The number of aromatic nitrogens is 1. The normalized spacial score (nSPS) is 17.4. The monoisotopic (exact) mass is 1030 g/mol. The summed E-state index contributed by atoms with van der Waals surface area (Å²) in [5, 5.41) is 0. The first-order valence-corrected chi connectivity index (χ1v) is 32.3. The molecule has 4 aromatic carbocycles. The molecule has 0 saturated heterocycles. The van der Waals surface area contributed by atoms with E-state index in [9.17, 15) is 19.2 Å². The van der Waals surface area contributed by atoms with E-state index >= 15 is 0 Å². The van der Waals surface area contributed by atoms with E-state index in [-0.39, 0.29) is 56.8 Å². The van der Waals surface area contributed by atoms with Crippen LogP contribution in [-0.4, -0.2) is 108 Å². The highest BCUT2D eigenvalue weighted by Gasteiger charge is 2.45. The lowest BCUT2D eigenvalue weighted by atomic mass is 9.92. The number of nitrogens with two attached hydrogens (primary N) is 1. The molecule has 5 heterocycles. The van der Waals surface area contributed by atoms with Crippen LogP contribution in [0.5, 0.6) is 23.0 Å². The third-order valence-corrected chi connectivity index (χ3v) is 17.3. The number of anilines is 3. The number of pyridine rings is 1. The maximum atomic E-state index is 14.6. The van der Waals surface area contributed by atoms with Crippen molar-refractivity contribution in [3.05, 3.63) is 130 Å². The van der Waals surface area contributed by atoms with Gasteiger partial charge < -0.3 is 44.0 Å². The number of carbonyl (C=O) groups excluding carboxylic acids is 4. The van der Waals surface area contributed by atoms with Gasteiger partial charge in [0.15, 0.2) is 23.0 Å². The average Bonchev–Trinajstić information content (AvgIpc) is 3.49. The summed E-state index contributed by atoms with van der Waals surface area (Å²) in [5.41, 5.74) is 13.1. The Balaban J connectivity index is 0.959. The second-order valence-electron chi connectivity index (χ2n) is 21.6. The Hall–Kier alpha value is -6.74. The molecule has 4 aliphatic heterocycles. The molecule has 0 bridgehead atoms. The minimum Gasteiger partial charge on any atom is -0.493 e. The minimum atomic E-state index is -1.45. The molecule has 16 nitrogen and oxygen atoms in total. The van der Waals surface area contributed by atoms with Crippen molar-refractivity contribution in [2.75, 3.05) is 56.4 Å². The molecule has 0 unspecified atom stereocenters. The highest BCUT2D eigenvalue weighted by molar-refractivity contribution is 6.76. The fourth-order valence-electron chi connectivity index (χ4n) is 9.66. The van der Waals surface area contributed by atoms with Crippen molar-refractivity contribution in [2.45, 2.75) is 103 Å². The average molecular weight is 1030 g/mol. The van der Waals surface area contributed by atoms with Crippen molar-refractivity contribution < 1.29 is 47.6 Å². The van der Waals surface area contributed by atoms with Gasteiger partial charge in [-0.3, -0.25) is 34.0 Å². The lowest BCUT2D eigenvalue weighted by Crippen LogP contribution is -2.52. The van der Waals surface area contributed by atoms with E-state index in [0.29, 0.717) is 95.2 Å². The summed E-state index contributed by atoms with van der Waals surface area (Å²) in [6.45, 7) is 15.1. The smallest absolute Gasteiger partial charge is 0.257 e. The predicted octanol–water partition coefficient (Wildman–Crippen LogP) is 8.29. The summed E-state index contributed by atoms with van der Waals surface area (Å²) in [4.78, 5) is 69.5. The van der Waals surface area contributed by atoms with Crippen molar-refractivity contribution in [3.63, 3.8) is 0 Å². The van der Waals surface area contributed by atoms with Gasteiger partial charge in [0.05, 0.1) is 48.1 Å². The molecule has 73 heavy (non-hydrogen) atoms. The highest BCUT2D eigenvalue weighted by atomic mass is 28.3. The first-order chi connectivity index (χ1) is 34.9. The minimum absolute atomic E-state index is 0.00363. The van der Waals surface area contributed by atoms with Crippen LogP contribution in [0.15, 0.2) is 84.9 Å². The maximum absolute atomic E-state index is 14.6. The molecule has 0 fully saturated rings. The molecule has 0 radical (unpaired) electrons. The number of amides is 4. The molecule has 0 saturated carbocycles. The molecule has 9 rings (SSSR count). The van der Waals surface area contributed by atoms with Gasteiger partial charge in [0.2, 0.25) is 0 Å². The quantitative estimate of drug-likeness (QED) is 0.0506. The van der Waals surface area contributed by atoms with E-state index in [4.69, 9.17) is 39.1 Å². The highest BCUT2D eigenvalue weighted by Crippen LogP contribution is 2.43. The van der Waals surface area contributed by atoms with E-state index in [2.05, 4.69) is 39.3 Å². The Labute approximate surface area is 429 Å². The maximum Gasteiger partial charge on any atom is 0.257 e. The number of nitrogen functional groups attached to an aromatic ring is 1. The summed E-state index contributed by atoms with van der Waals surface area (Å²) < 4.78 is 36.9. The van der Waals surface area contributed by atoms with E-state index in [1.54, 1.807) is 43.9 Å². The van der Waals surface area contributed by atoms with Gasteiger partial charge in [0.25, 0.3) is 23.6 Å². The Morgan fingerprint density at radius 3 is 1.51 bits per heavy atom. The number of rotatable bonds is 18. The Morgan fingerprint density at radius 2 is 1.03 bits per heavy atom. The van der Waals surface area contributed by atoms with Crippen LogP contribution in [0, 0.1) is 0 Å².